The Hall–Kier alpha value is -3.44. The summed E-state index contributed by atoms with van der Waals surface area (Å²) in [4.78, 5) is 18.2. The number of aromatic hydroxyl groups is 1. The van der Waals surface area contributed by atoms with Gasteiger partial charge in [0.25, 0.3) is 5.56 Å². The molecule has 0 radical (unpaired) electrons. The van der Waals surface area contributed by atoms with E-state index >= 15 is 0 Å². The zero-order chi connectivity index (χ0) is 20.6. The number of aromatic nitrogens is 4. The second-order valence-electron chi connectivity index (χ2n) is 6.61. The zero-order valence-corrected chi connectivity index (χ0v) is 16.0. The minimum Gasteiger partial charge on any atom is -0.502 e. The normalized spacial score (nSPS) is 11.7. The number of hydrogen-bond acceptors (Lipinski definition) is 5. The summed E-state index contributed by atoms with van der Waals surface area (Å²) in [5.41, 5.74) is 2.39. The number of H-pyrrole nitrogens is 1. The van der Waals surface area contributed by atoms with Gasteiger partial charge >= 0.3 is 0 Å². The minimum absolute atomic E-state index is 0.198. The molecule has 7 nitrogen and oxygen atoms in total. The number of aryl methyl sites for hydroxylation is 1. The second-order valence-corrected chi connectivity index (χ2v) is 6.61. The number of hydrogen-bond donors (Lipinski definition) is 3. The lowest BCUT2D eigenvalue weighted by Gasteiger charge is -2.17. The summed E-state index contributed by atoms with van der Waals surface area (Å²) in [6.07, 6.45) is 5.34. The third-order valence-corrected chi connectivity index (χ3v) is 4.40. The first-order valence-corrected chi connectivity index (χ1v) is 9.19. The van der Waals surface area contributed by atoms with E-state index in [-0.39, 0.29) is 12.5 Å². The van der Waals surface area contributed by atoms with Crippen LogP contribution in [0.4, 0.5) is 4.39 Å². The van der Waals surface area contributed by atoms with E-state index in [1.807, 2.05) is 37.5 Å². The van der Waals surface area contributed by atoms with Crippen LogP contribution in [0.25, 0.3) is 0 Å². The van der Waals surface area contributed by atoms with Gasteiger partial charge in [-0.15, -0.1) is 0 Å². The average Bonchev–Trinajstić information content (AvgIpc) is 3.14. The molecule has 0 bridgehead atoms. The molecule has 0 saturated heterocycles. The van der Waals surface area contributed by atoms with Crippen molar-refractivity contribution in [2.45, 2.75) is 12.3 Å². The molecule has 3 N–H and O–H groups in total. The highest BCUT2D eigenvalue weighted by molar-refractivity contribution is 5.42. The Kier molecular flexibility index (Phi) is 6.76. The summed E-state index contributed by atoms with van der Waals surface area (Å²) in [6, 6.07) is 7.71. The molecule has 0 aliphatic carbocycles. The maximum atomic E-state index is 12.5. The molecular formula is C21H22FN5O2. The van der Waals surface area contributed by atoms with Crippen molar-refractivity contribution in [2.24, 2.45) is 7.05 Å². The molecule has 1 unspecified atom stereocenters. The molecule has 2 heterocycles. The fourth-order valence-corrected chi connectivity index (χ4v) is 2.95. The molecule has 0 spiro atoms. The monoisotopic (exact) mass is 395 g/mol. The van der Waals surface area contributed by atoms with Crippen LogP contribution in [0.2, 0.25) is 0 Å². The molecular weight excluding hydrogens is 373 g/mol. The van der Waals surface area contributed by atoms with Crippen LogP contribution in [0.15, 0.2) is 47.8 Å². The van der Waals surface area contributed by atoms with E-state index in [0.29, 0.717) is 18.7 Å². The van der Waals surface area contributed by atoms with Crippen LogP contribution >= 0.6 is 0 Å². The van der Waals surface area contributed by atoms with Crippen molar-refractivity contribution in [1.29, 1.82) is 0 Å². The predicted molar refractivity (Wildman–Crippen MR) is 107 cm³/mol. The first kappa shape index (κ1) is 20.3. The Labute approximate surface area is 167 Å². The number of halogens is 1. The number of alkyl halides is 1. The van der Waals surface area contributed by atoms with Gasteiger partial charge in [-0.3, -0.25) is 9.48 Å². The lowest BCUT2D eigenvalue weighted by molar-refractivity contribution is 0.429. The summed E-state index contributed by atoms with van der Waals surface area (Å²) in [5, 5.41) is 17.2. The highest BCUT2D eigenvalue weighted by Gasteiger charge is 2.19. The fourth-order valence-electron chi connectivity index (χ4n) is 2.95. The smallest absolute Gasteiger partial charge is 0.293 e. The van der Waals surface area contributed by atoms with Gasteiger partial charge in [-0.25, -0.2) is 9.37 Å². The standard InChI is InChI=1S/C21H22FN5O2/c1-27-13-17(11-26-27)7-4-15-2-5-16(6-3-15)10-18(12-23-9-8-22)19-20(28)21(29)25-14-24-19/h2-3,5-6,11,13-14,18,23,28H,8-10,12H2,1H3,(H,24,25,29). The molecule has 0 aliphatic heterocycles. The van der Waals surface area contributed by atoms with Gasteiger partial charge in [0.2, 0.25) is 5.75 Å². The zero-order valence-electron chi connectivity index (χ0n) is 16.0. The fraction of sp³-hybridized carbons (Fsp3) is 0.286. The van der Waals surface area contributed by atoms with E-state index in [2.05, 4.69) is 32.2 Å². The van der Waals surface area contributed by atoms with E-state index in [0.717, 1.165) is 16.7 Å². The van der Waals surface area contributed by atoms with Crippen LogP contribution in [-0.2, 0) is 13.5 Å². The van der Waals surface area contributed by atoms with E-state index in [1.54, 1.807) is 10.9 Å². The van der Waals surface area contributed by atoms with Crippen molar-refractivity contribution in [2.75, 3.05) is 19.8 Å². The van der Waals surface area contributed by atoms with E-state index < -0.39 is 18.0 Å². The Morgan fingerprint density at radius 2 is 2.03 bits per heavy atom. The molecule has 0 aliphatic rings. The summed E-state index contributed by atoms with van der Waals surface area (Å²) in [6.45, 7) is 0.0889. The third kappa shape index (κ3) is 5.53. The van der Waals surface area contributed by atoms with Gasteiger partial charge in [0.1, 0.15) is 6.67 Å². The van der Waals surface area contributed by atoms with Crippen LogP contribution < -0.4 is 10.9 Å². The summed E-state index contributed by atoms with van der Waals surface area (Å²) in [7, 11) is 1.84. The SMILES string of the molecule is Cn1cc(C#Cc2ccc(CC(CNCCF)c3nc[nH]c(=O)c3O)cc2)cn1. The molecule has 3 rings (SSSR count). The predicted octanol–water partition coefficient (Wildman–Crippen LogP) is 1.49. The molecule has 1 atom stereocenters. The maximum Gasteiger partial charge on any atom is 0.293 e. The lowest BCUT2D eigenvalue weighted by Crippen LogP contribution is -2.26. The maximum absolute atomic E-state index is 12.5. The Morgan fingerprint density at radius 3 is 2.72 bits per heavy atom. The summed E-state index contributed by atoms with van der Waals surface area (Å²) in [5.74, 6) is 5.46. The molecule has 0 amide bonds. The van der Waals surface area contributed by atoms with Crippen molar-refractivity contribution >= 4 is 0 Å². The Balaban J connectivity index is 1.76. The van der Waals surface area contributed by atoms with E-state index in [4.69, 9.17) is 0 Å². The van der Waals surface area contributed by atoms with E-state index in [1.165, 1.54) is 6.33 Å². The largest absolute Gasteiger partial charge is 0.502 e. The highest BCUT2D eigenvalue weighted by Crippen LogP contribution is 2.23. The first-order chi connectivity index (χ1) is 14.1. The molecule has 1 aromatic carbocycles. The number of nitrogens with one attached hydrogen (secondary N) is 2. The molecule has 0 saturated carbocycles. The second kappa shape index (κ2) is 9.66. The molecule has 150 valence electrons. The summed E-state index contributed by atoms with van der Waals surface area (Å²) >= 11 is 0. The van der Waals surface area contributed by atoms with Gasteiger partial charge < -0.3 is 15.4 Å². The first-order valence-electron chi connectivity index (χ1n) is 9.19. The van der Waals surface area contributed by atoms with Crippen LogP contribution in [0, 0.1) is 11.8 Å². The van der Waals surface area contributed by atoms with Gasteiger partial charge in [0.05, 0.1) is 23.8 Å². The topological polar surface area (TPSA) is 95.8 Å². The Morgan fingerprint density at radius 1 is 1.28 bits per heavy atom. The van der Waals surface area contributed by atoms with Gasteiger partial charge in [-0.1, -0.05) is 24.0 Å². The van der Waals surface area contributed by atoms with E-state index in [9.17, 15) is 14.3 Å². The minimum atomic E-state index is -0.591. The van der Waals surface area contributed by atoms with Gasteiger partial charge in [-0.05, 0) is 24.1 Å². The average molecular weight is 395 g/mol. The van der Waals surface area contributed by atoms with Crippen molar-refractivity contribution in [3.8, 4) is 17.6 Å². The molecule has 8 heteroatoms. The molecule has 2 aromatic heterocycles. The van der Waals surface area contributed by atoms with Crippen LogP contribution in [-0.4, -0.2) is 44.6 Å². The number of rotatable bonds is 7. The summed E-state index contributed by atoms with van der Waals surface area (Å²) < 4.78 is 14.2. The number of benzene rings is 1. The van der Waals surface area contributed by atoms with Crippen molar-refractivity contribution < 1.29 is 9.50 Å². The van der Waals surface area contributed by atoms with Gasteiger partial charge in [0.15, 0.2) is 0 Å². The highest BCUT2D eigenvalue weighted by atomic mass is 19.1. The molecule has 3 aromatic rings. The van der Waals surface area contributed by atoms with Crippen molar-refractivity contribution in [1.82, 2.24) is 25.1 Å². The number of aromatic amines is 1. The van der Waals surface area contributed by atoms with Gasteiger partial charge in [0, 0.05) is 37.8 Å². The van der Waals surface area contributed by atoms with Crippen LogP contribution in [0.1, 0.15) is 28.3 Å². The Bertz CT molecular complexity index is 1060. The van der Waals surface area contributed by atoms with Crippen LogP contribution in [0.3, 0.4) is 0 Å². The van der Waals surface area contributed by atoms with Crippen molar-refractivity contribution in [3.63, 3.8) is 0 Å². The molecule has 29 heavy (non-hydrogen) atoms. The quantitative estimate of drug-likeness (QED) is 0.416. The third-order valence-electron chi connectivity index (χ3n) is 4.40. The lowest BCUT2D eigenvalue weighted by atomic mass is 9.94. The van der Waals surface area contributed by atoms with Crippen molar-refractivity contribution in [3.05, 3.63) is 75.7 Å². The van der Waals surface area contributed by atoms with Crippen LogP contribution in [0.5, 0.6) is 5.75 Å². The van der Waals surface area contributed by atoms with Gasteiger partial charge in [-0.2, -0.15) is 5.10 Å². The number of nitrogens with zero attached hydrogens (tertiary/aromatic N) is 3. The molecule has 0 fully saturated rings.